The SMILES string of the molecule is CCCC(=O)CC(=O)O.NN.NN. The Morgan fingerprint density at radius 3 is 1.77 bits per heavy atom. The number of carbonyl (C=O) groups is 2. The van der Waals surface area contributed by atoms with Crippen molar-refractivity contribution in [3.05, 3.63) is 0 Å². The molecule has 0 rings (SSSR count). The van der Waals surface area contributed by atoms with E-state index in [9.17, 15) is 9.59 Å². The topological polar surface area (TPSA) is 158 Å². The summed E-state index contributed by atoms with van der Waals surface area (Å²) < 4.78 is 0. The first-order valence-electron chi connectivity index (χ1n) is 3.57. The molecule has 0 aromatic rings. The average Bonchev–Trinajstić information content (AvgIpc) is 2.10. The summed E-state index contributed by atoms with van der Waals surface area (Å²) in [7, 11) is 0. The van der Waals surface area contributed by atoms with E-state index in [0.717, 1.165) is 6.42 Å². The molecule has 0 saturated heterocycles. The maximum Gasteiger partial charge on any atom is 0.310 e. The zero-order chi connectivity index (χ0) is 11.3. The number of aliphatic carboxylic acids is 1. The van der Waals surface area contributed by atoms with E-state index in [2.05, 4.69) is 23.4 Å². The van der Waals surface area contributed by atoms with Crippen molar-refractivity contribution < 1.29 is 14.7 Å². The summed E-state index contributed by atoms with van der Waals surface area (Å²) in [5, 5.41) is 8.09. The van der Waals surface area contributed by atoms with Crippen molar-refractivity contribution in [3.8, 4) is 0 Å². The smallest absolute Gasteiger partial charge is 0.310 e. The third-order valence-corrected chi connectivity index (χ3v) is 0.877. The van der Waals surface area contributed by atoms with Crippen molar-refractivity contribution in [1.82, 2.24) is 0 Å². The summed E-state index contributed by atoms with van der Waals surface area (Å²) >= 11 is 0. The van der Waals surface area contributed by atoms with Gasteiger partial charge in [0.25, 0.3) is 0 Å². The number of carboxylic acid groups (broad SMARTS) is 1. The zero-order valence-corrected chi connectivity index (χ0v) is 7.69. The number of hydrogen-bond acceptors (Lipinski definition) is 6. The molecule has 0 spiro atoms. The molecule has 80 valence electrons. The molecule has 0 bridgehead atoms. The Bertz CT molecular complexity index is 129. The van der Waals surface area contributed by atoms with Gasteiger partial charge in [-0.3, -0.25) is 33.0 Å². The van der Waals surface area contributed by atoms with E-state index in [1.54, 1.807) is 0 Å². The number of Topliss-reactive ketones (excluding diaryl/α,β-unsaturated/α-hetero) is 1. The lowest BCUT2D eigenvalue weighted by Gasteiger charge is -1.90. The standard InChI is InChI=1S/C6H10O3.2H4N2/c1-2-3-5(7)4-6(8)9;2*1-2/h2-4H2,1H3,(H,8,9);2*1-2H2. The van der Waals surface area contributed by atoms with Gasteiger partial charge in [-0.25, -0.2) is 0 Å². The Kier molecular flexibility index (Phi) is 23.7. The minimum absolute atomic E-state index is 0.190. The molecule has 7 nitrogen and oxygen atoms in total. The van der Waals surface area contributed by atoms with Gasteiger partial charge in [-0.2, -0.15) is 0 Å². The molecule has 0 saturated carbocycles. The van der Waals surface area contributed by atoms with Crippen LogP contribution in [-0.2, 0) is 9.59 Å². The lowest BCUT2D eigenvalue weighted by atomic mass is 10.2. The molecular weight excluding hydrogens is 176 g/mol. The van der Waals surface area contributed by atoms with Crippen molar-refractivity contribution in [2.24, 2.45) is 23.4 Å². The van der Waals surface area contributed by atoms with E-state index in [0.29, 0.717) is 6.42 Å². The van der Waals surface area contributed by atoms with Gasteiger partial charge >= 0.3 is 5.97 Å². The molecule has 0 heterocycles. The van der Waals surface area contributed by atoms with E-state index in [1.165, 1.54) is 0 Å². The number of hydrazine groups is 2. The fourth-order valence-corrected chi connectivity index (χ4v) is 0.536. The summed E-state index contributed by atoms with van der Waals surface area (Å²) in [6.07, 6.45) is 0.784. The van der Waals surface area contributed by atoms with Crippen LogP contribution in [0.15, 0.2) is 0 Å². The van der Waals surface area contributed by atoms with E-state index in [4.69, 9.17) is 5.11 Å². The van der Waals surface area contributed by atoms with Crippen LogP contribution in [0.25, 0.3) is 0 Å². The first kappa shape index (κ1) is 17.9. The average molecular weight is 194 g/mol. The van der Waals surface area contributed by atoms with E-state index >= 15 is 0 Å². The predicted octanol–water partition coefficient (Wildman–Crippen LogP) is -1.53. The third-order valence-electron chi connectivity index (χ3n) is 0.877. The van der Waals surface area contributed by atoms with Gasteiger partial charge in [0.05, 0.1) is 0 Å². The summed E-state index contributed by atoms with van der Waals surface area (Å²) in [6, 6.07) is 0. The summed E-state index contributed by atoms with van der Waals surface area (Å²) in [5.41, 5.74) is 0. The number of rotatable bonds is 4. The van der Waals surface area contributed by atoms with E-state index in [1.807, 2.05) is 6.92 Å². The highest BCUT2D eigenvalue weighted by Gasteiger charge is 2.04. The van der Waals surface area contributed by atoms with Gasteiger partial charge in [-0.1, -0.05) is 6.92 Å². The molecule has 0 aliphatic carbocycles. The Balaban J connectivity index is -0.000000218. The molecular formula is C6H18N4O3. The van der Waals surface area contributed by atoms with Crippen LogP contribution in [0.3, 0.4) is 0 Å². The Labute approximate surface area is 77.0 Å². The van der Waals surface area contributed by atoms with E-state index < -0.39 is 5.97 Å². The molecule has 0 atom stereocenters. The molecule has 0 radical (unpaired) electrons. The van der Waals surface area contributed by atoms with Gasteiger partial charge in [-0.05, 0) is 6.42 Å². The second kappa shape index (κ2) is 17.2. The van der Waals surface area contributed by atoms with Crippen LogP contribution < -0.4 is 23.4 Å². The second-order valence-electron chi connectivity index (χ2n) is 1.86. The Morgan fingerprint density at radius 1 is 1.15 bits per heavy atom. The monoisotopic (exact) mass is 194 g/mol. The van der Waals surface area contributed by atoms with Crippen LogP contribution >= 0.6 is 0 Å². The molecule has 13 heavy (non-hydrogen) atoms. The number of hydrogen-bond donors (Lipinski definition) is 5. The number of nitrogens with two attached hydrogens (primary N) is 4. The maximum atomic E-state index is 10.5. The van der Waals surface area contributed by atoms with Gasteiger partial charge in [0, 0.05) is 6.42 Å². The highest BCUT2D eigenvalue weighted by molar-refractivity contribution is 5.94. The number of ketones is 1. The van der Waals surface area contributed by atoms with Crippen LogP contribution in [0.1, 0.15) is 26.2 Å². The lowest BCUT2D eigenvalue weighted by Crippen LogP contribution is -2.05. The van der Waals surface area contributed by atoms with Crippen molar-refractivity contribution in [1.29, 1.82) is 0 Å². The van der Waals surface area contributed by atoms with Crippen molar-refractivity contribution in [2.45, 2.75) is 26.2 Å². The molecule has 0 aromatic carbocycles. The summed E-state index contributed by atoms with van der Waals surface area (Å²) in [6.45, 7) is 1.85. The van der Waals surface area contributed by atoms with Crippen LogP contribution in [0.4, 0.5) is 0 Å². The van der Waals surface area contributed by atoms with Gasteiger partial charge < -0.3 is 5.11 Å². The number of carboxylic acids is 1. The van der Waals surface area contributed by atoms with Gasteiger partial charge in [0.2, 0.25) is 0 Å². The molecule has 0 aromatic heterocycles. The van der Waals surface area contributed by atoms with Crippen molar-refractivity contribution >= 4 is 11.8 Å². The minimum Gasteiger partial charge on any atom is -0.481 e. The molecule has 0 aliphatic heterocycles. The van der Waals surface area contributed by atoms with Crippen LogP contribution in [-0.4, -0.2) is 16.9 Å². The van der Waals surface area contributed by atoms with Gasteiger partial charge in [0.1, 0.15) is 12.2 Å². The summed E-state index contributed by atoms with van der Waals surface area (Å²) in [4.78, 5) is 20.3. The molecule has 9 N–H and O–H groups in total. The molecule has 0 unspecified atom stereocenters. The Morgan fingerprint density at radius 2 is 1.54 bits per heavy atom. The Hall–Kier alpha value is -1.02. The van der Waals surface area contributed by atoms with Crippen molar-refractivity contribution in [3.63, 3.8) is 0 Å². The molecule has 0 fully saturated rings. The lowest BCUT2D eigenvalue weighted by molar-refractivity contribution is -0.140. The quantitative estimate of drug-likeness (QED) is 0.206. The fourth-order valence-electron chi connectivity index (χ4n) is 0.536. The highest BCUT2D eigenvalue weighted by Crippen LogP contribution is 1.92. The normalized spacial score (nSPS) is 7.15. The van der Waals surface area contributed by atoms with Crippen LogP contribution in [0, 0.1) is 0 Å². The highest BCUT2D eigenvalue weighted by atomic mass is 16.4. The maximum absolute atomic E-state index is 10.5. The first-order valence-corrected chi connectivity index (χ1v) is 3.57. The second-order valence-corrected chi connectivity index (χ2v) is 1.86. The third kappa shape index (κ3) is 24.8. The van der Waals surface area contributed by atoms with Crippen molar-refractivity contribution in [2.75, 3.05) is 0 Å². The fraction of sp³-hybridized carbons (Fsp3) is 0.667. The minimum atomic E-state index is -1.03. The van der Waals surface area contributed by atoms with Crippen LogP contribution in [0.5, 0.6) is 0 Å². The molecule has 7 heteroatoms. The van der Waals surface area contributed by atoms with Gasteiger partial charge in [0.15, 0.2) is 0 Å². The first-order chi connectivity index (χ1) is 6.16. The number of carbonyl (C=O) groups excluding carboxylic acids is 1. The van der Waals surface area contributed by atoms with E-state index in [-0.39, 0.29) is 12.2 Å². The zero-order valence-electron chi connectivity index (χ0n) is 7.69. The molecule has 0 amide bonds. The largest absolute Gasteiger partial charge is 0.481 e. The molecule has 0 aliphatic rings. The van der Waals surface area contributed by atoms with Crippen LogP contribution in [0.2, 0.25) is 0 Å². The predicted molar refractivity (Wildman–Crippen MR) is 48.9 cm³/mol. The summed E-state index contributed by atoms with van der Waals surface area (Å²) in [5.74, 6) is 14.8. The van der Waals surface area contributed by atoms with Gasteiger partial charge in [-0.15, -0.1) is 0 Å².